The topological polar surface area (TPSA) is 104 Å². The summed E-state index contributed by atoms with van der Waals surface area (Å²) in [4.78, 5) is 30.7. The first-order valence-corrected chi connectivity index (χ1v) is 9.37. The monoisotopic (exact) mass is 392 g/mol. The predicted molar refractivity (Wildman–Crippen MR) is 112 cm³/mol. The first-order valence-electron chi connectivity index (χ1n) is 9.37. The minimum atomic E-state index is -0.862. The van der Waals surface area contributed by atoms with Crippen LogP contribution in [0, 0.1) is 5.92 Å². The Morgan fingerprint density at radius 1 is 1.03 bits per heavy atom. The van der Waals surface area contributed by atoms with Gasteiger partial charge in [0, 0.05) is 31.0 Å². The Labute approximate surface area is 169 Å². The Morgan fingerprint density at radius 3 is 2.34 bits per heavy atom. The summed E-state index contributed by atoms with van der Waals surface area (Å²) in [5.74, 6) is 1.59. The zero-order valence-corrected chi connectivity index (χ0v) is 16.6. The summed E-state index contributed by atoms with van der Waals surface area (Å²) < 4.78 is 0. The van der Waals surface area contributed by atoms with Gasteiger partial charge in [0.1, 0.15) is 11.6 Å². The predicted octanol–water partition coefficient (Wildman–Crippen LogP) is 3.61. The Bertz CT molecular complexity index is 964. The molecule has 3 aromatic rings. The molecule has 2 N–H and O–H groups in total. The molecule has 0 radical (unpaired) electrons. The van der Waals surface area contributed by atoms with Crippen LogP contribution in [0.2, 0.25) is 0 Å². The molecule has 0 spiro atoms. The molecule has 0 unspecified atom stereocenters. The van der Waals surface area contributed by atoms with E-state index in [-0.39, 0.29) is 18.4 Å². The number of carboxylic acid groups (broad SMARTS) is 1. The molecule has 3 rings (SSSR count). The molecular weight excluding hydrogens is 368 g/mol. The lowest BCUT2D eigenvalue weighted by Gasteiger charge is -2.22. The number of aromatic nitrogens is 4. The fraction of sp³-hybridized carbons (Fsp3) is 0.286. The number of carboxylic acids is 1. The fourth-order valence-corrected chi connectivity index (χ4v) is 2.79. The number of hydrogen-bond acceptors (Lipinski definition) is 7. The van der Waals surface area contributed by atoms with E-state index < -0.39 is 5.97 Å². The number of aliphatic carboxylic acids is 1. The molecule has 0 amide bonds. The number of nitrogens with zero attached hydrogens (tertiary/aromatic N) is 5. The molecule has 8 heteroatoms. The number of hydrogen-bond donors (Lipinski definition) is 2. The molecular formula is C21H24N6O2. The molecule has 1 aromatic carbocycles. The SMILES string of the molecule is CC(C)[C@H](CC(=O)O)Nc1nccc(N(C)c2ccnc(-c3ccccc3)n2)n1. The second-order valence-electron chi connectivity index (χ2n) is 6.99. The number of carbonyl (C=O) groups is 1. The van der Waals surface area contributed by atoms with Gasteiger partial charge in [0.15, 0.2) is 5.82 Å². The number of anilines is 3. The van der Waals surface area contributed by atoms with E-state index in [4.69, 9.17) is 5.11 Å². The molecule has 0 aliphatic rings. The van der Waals surface area contributed by atoms with Gasteiger partial charge in [0.05, 0.1) is 6.42 Å². The Hall–Kier alpha value is -3.55. The largest absolute Gasteiger partial charge is 0.481 e. The van der Waals surface area contributed by atoms with Crippen LogP contribution in [0.3, 0.4) is 0 Å². The first kappa shape index (κ1) is 20.2. The summed E-state index contributed by atoms with van der Waals surface area (Å²) in [5, 5.41) is 12.3. The highest BCUT2D eigenvalue weighted by Crippen LogP contribution is 2.23. The van der Waals surface area contributed by atoms with Crippen molar-refractivity contribution in [3.63, 3.8) is 0 Å². The van der Waals surface area contributed by atoms with E-state index in [2.05, 4.69) is 25.3 Å². The van der Waals surface area contributed by atoms with E-state index in [9.17, 15) is 4.79 Å². The zero-order valence-electron chi connectivity index (χ0n) is 16.6. The average molecular weight is 392 g/mol. The van der Waals surface area contributed by atoms with Gasteiger partial charge in [0.2, 0.25) is 5.95 Å². The lowest BCUT2D eigenvalue weighted by atomic mass is 10.0. The van der Waals surface area contributed by atoms with Crippen LogP contribution in [0.4, 0.5) is 17.6 Å². The summed E-state index contributed by atoms with van der Waals surface area (Å²) in [7, 11) is 1.86. The van der Waals surface area contributed by atoms with Crippen LogP contribution >= 0.6 is 0 Å². The standard InChI is InChI=1S/C21H24N6O2/c1-14(2)16(13-19(28)29)24-21-23-12-10-18(26-21)27(3)17-9-11-22-20(25-17)15-7-5-4-6-8-15/h4-12,14,16H,13H2,1-3H3,(H,28,29)(H,23,24,26)/t16-/m0/s1. The highest BCUT2D eigenvalue weighted by atomic mass is 16.4. The third kappa shape index (κ3) is 5.25. The van der Waals surface area contributed by atoms with Gasteiger partial charge in [-0.1, -0.05) is 44.2 Å². The maximum absolute atomic E-state index is 11.1. The number of benzene rings is 1. The van der Waals surface area contributed by atoms with Crippen LogP contribution in [0.1, 0.15) is 20.3 Å². The van der Waals surface area contributed by atoms with E-state index in [0.717, 1.165) is 5.56 Å². The minimum Gasteiger partial charge on any atom is -0.481 e. The van der Waals surface area contributed by atoms with Gasteiger partial charge in [-0.2, -0.15) is 4.98 Å². The van der Waals surface area contributed by atoms with Gasteiger partial charge in [-0.25, -0.2) is 15.0 Å². The van der Waals surface area contributed by atoms with Crippen molar-refractivity contribution >= 4 is 23.6 Å². The van der Waals surface area contributed by atoms with Crippen LogP contribution in [0.15, 0.2) is 54.9 Å². The molecule has 8 nitrogen and oxygen atoms in total. The van der Waals surface area contributed by atoms with Crippen molar-refractivity contribution in [1.29, 1.82) is 0 Å². The number of nitrogens with one attached hydrogen (secondary N) is 1. The number of rotatable bonds is 8. The van der Waals surface area contributed by atoms with E-state index in [1.54, 1.807) is 18.5 Å². The summed E-state index contributed by atoms with van der Waals surface area (Å²) in [6.45, 7) is 3.92. The average Bonchev–Trinajstić information content (AvgIpc) is 2.73. The van der Waals surface area contributed by atoms with Gasteiger partial charge >= 0.3 is 5.97 Å². The Balaban J connectivity index is 1.82. The van der Waals surface area contributed by atoms with Crippen LogP contribution in [-0.2, 0) is 4.79 Å². The van der Waals surface area contributed by atoms with E-state index in [1.807, 2.05) is 62.2 Å². The normalized spacial score (nSPS) is 11.9. The van der Waals surface area contributed by atoms with Gasteiger partial charge in [0.25, 0.3) is 0 Å². The van der Waals surface area contributed by atoms with Crippen molar-refractivity contribution in [3.05, 3.63) is 54.9 Å². The molecule has 0 aliphatic heterocycles. The maximum Gasteiger partial charge on any atom is 0.305 e. The molecule has 0 fully saturated rings. The second-order valence-corrected chi connectivity index (χ2v) is 6.99. The molecule has 0 saturated carbocycles. The maximum atomic E-state index is 11.1. The third-order valence-corrected chi connectivity index (χ3v) is 4.51. The van der Waals surface area contributed by atoms with Crippen LogP contribution < -0.4 is 10.2 Å². The lowest BCUT2D eigenvalue weighted by Crippen LogP contribution is -2.29. The molecule has 150 valence electrons. The quantitative estimate of drug-likeness (QED) is 0.599. The molecule has 0 saturated heterocycles. The third-order valence-electron chi connectivity index (χ3n) is 4.51. The molecule has 1 atom stereocenters. The first-order chi connectivity index (χ1) is 13.9. The summed E-state index contributed by atoms with van der Waals surface area (Å²) in [6, 6.07) is 13.1. The van der Waals surface area contributed by atoms with Crippen LogP contribution in [0.25, 0.3) is 11.4 Å². The zero-order chi connectivity index (χ0) is 20.8. The second kappa shape index (κ2) is 9.09. The lowest BCUT2D eigenvalue weighted by molar-refractivity contribution is -0.137. The van der Waals surface area contributed by atoms with Crippen LogP contribution in [0.5, 0.6) is 0 Å². The van der Waals surface area contributed by atoms with Gasteiger partial charge in [-0.05, 0) is 18.1 Å². The highest BCUT2D eigenvalue weighted by Gasteiger charge is 2.19. The molecule has 29 heavy (non-hydrogen) atoms. The molecule has 0 bridgehead atoms. The smallest absolute Gasteiger partial charge is 0.305 e. The molecule has 0 aliphatic carbocycles. The van der Waals surface area contributed by atoms with Crippen molar-refractivity contribution in [3.8, 4) is 11.4 Å². The van der Waals surface area contributed by atoms with Gasteiger partial charge in [-0.3, -0.25) is 4.79 Å². The van der Waals surface area contributed by atoms with Gasteiger partial charge < -0.3 is 15.3 Å². The van der Waals surface area contributed by atoms with Crippen molar-refractivity contribution in [2.24, 2.45) is 5.92 Å². The summed E-state index contributed by atoms with van der Waals surface area (Å²) in [6.07, 6.45) is 3.34. The minimum absolute atomic E-state index is 0.00651. The van der Waals surface area contributed by atoms with Crippen LogP contribution in [-0.4, -0.2) is 44.1 Å². The van der Waals surface area contributed by atoms with E-state index in [0.29, 0.717) is 23.4 Å². The summed E-state index contributed by atoms with van der Waals surface area (Å²) in [5.41, 5.74) is 0.932. The van der Waals surface area contributed by atoms with Crippen molar-refractivity contribution in [2.75, 3.05) is 17.3 Å². The van der Waals surface area contributed by atoms with Gasteiger partial charge in [-0.15, -0.1) is 0 Å². The van der Waals surface area contributed by atoms with Crippen molar-refractivity contribution in [2.45, 2.75) is 26.3 Å². The van der Waals surface area contributed by atoms with Crippen molar-refractivity contribution in [1.82, 2.24) is 19.9 Å². The Kier molecular flexibility index (Phi) is 6.33. The van der Waals surface area contributed by atoms with E-state index >= 15 is 0 Å². The molecule has 2 aromatic heterocycles. The molecule has 2 heterocycles. The van der Waals surface area contributed by atoms with Crippen molar-refractivity contribution < 1.29 is 9.90 Å². The fourth-order valence-electron chi connectivity index (χ4n) is 2.79. The van der Waals surface area contributed by atoms with E-state index in [1.165, 1.54) is 0 Å². The highest BCUT2D eigenvalue weighted by molar-refractivity contribution is 5.68. The Morgan fingerprint density at radius 2 is 1.69 bits per heavy atom. The summed E-state index contributed by atoms with van der Waals surface area (Å²) >= 11 is 0.